The van der Waals surface area contributed by atoms with E-state index in [0.29, 0.717) is 19.4 Å². The highest BCUT2D eigenvalue weighted by molar-refractivity contribution is 5.82. The zero-order chi connectivity index (χ0) is 19.7. The predicted octanol–water partition coefficient (Wildman–Crippen LogP) is 2.17. The summed E-state index contributed by atoms with van der Waals surface area (Å²) in [6.07, 6.45) is 1.20. The first-order chi connectivity index (χ1) is 13.5. The fourth-order valence-electron chi connectivity index (χ4n) is 4.15. The van der Waals surface area contributed by atoms with Gasteiger partial charge in [0.15, 0.2) is 0 Å². The molecule has 0 bridgehead atoms. The van der Waals surface area contributed by atoms with Crippen molar-refractivity contribution in [3.8, 4) is 0 Å². The molecule has 1 amide bonds. The molecule has 0 unspecified atom stereocenters. The number of hydrogen-bond acceptors (Lipinski definition) is 4. The largest absolute Gasteiger partial charge is 0.394 e. The molecule has 0 saturated carbocycles. The third kappa shape index (κ3) is 3.55. The lowest BCUT2D eigenvalue weighted by atomic mass is 9.86. The van der Waals surface area contributed by atoms with Crippen LogP contribution in [0.25, 0.3) is 0 Å². The molecule has 5 nitrogen and oxygen atoms in total. The van der Waals surface area contributed by atoms with Crippen LogP contribution in [0.4, 0.5) is 4.39 Å². The topological polar surface area (TPSA) is 75.8 Å². The number of halogens is 1. The average Bonchev–Trinajstić information content (AvgIpc) is 2.74. The molecule has 4 rings (SSSR count). The Balaban J connectivity index is 1.64. The van der Waals surface area contributed by atoms with E-state index in [0.717, 1.165) is 17.5 Å². The van der Waals surface area contributed by atoms with E-state index < -0.39 is 11.6 Å². The maximum Gasteiger partial charge on any atom is 0.252 e. The monoisotopic (exact) mass is 384 g/mol. The Labute approximate surface area is 163 Å². The number of aliphatic hydroxyl groups is 1. The fraction of sp³-hybridized carbons (Fsp3) is 0.409. The first-order valence-corrected chi connectivity index (χ1v) is 9.66. The summed E-state index contributed by atoms with van der Waals surface area (Å²) in [4.78, 5) is 15.2. The standard InChI is InChI=1S/C22H25FN2O3/c23-17-7-5-16(6-8-17)20-18-4-2-1-3-15(18)10-12-25(20)21(27)19-9-11-22(24,13-26)14-28-19/h1-8,19-20,26H,9-14,24H2/t19-,20+,22-/m1/s1. The molecular weight excluding hydrogens is 359 g/mol. The van der Waals surface area contributed by atoms with Gasteiger partial charge in [-0.2, -0.15) is 0 Å². The maximum absolute atomic E-state index is 13.5. The SMILES string of the molecule is N[C@@]1(CO)CC[C@H](C(=O)N2CCc3ccccc3[C@@H]2c2ccc(F)cc2)OC1. The Morgan fingerprint density at radius 3 is 2.68 bits per heavy atom. The molecule has 148 valence electrons. The number of fused-ring (bicyclic) bond motifs is 1. The number of nitrogens with two attached hydrogens (primary N) is 1. The van der Waals surface area contributed by atoms with E-state index in [1.165, 1.54) is 17.7 Å². The number of hydrogen-bond donors (Lipinski definition) is 2. The number of benzene rings is 2. The number of nitrogens with zero attached hydrogens (tertiary/aromatic N) is 1. The molecule has 6 heteroatoms. The fourth-order valence-corrected chi connectivity index (χ4v) is 4.15. The van der Waals surface area contributed by atoms with Crippen LogP contribution in [0.1, 0.15) is 35.6 Å². The van der Waals surface area contributed by atoms with Gasteiger partial charge in [0.2, 0.25) is 0 Å². The summed E-state index contributed by atoms with van der Waals surface area (Å²) in [5.41, 5.74) is 8.42. The van der Waals surface area contributed by atoms with Gasteiger partial charge >= 0.3 is 0 Å². The van der Waals surface area contributed by atoms with Gasteiger partial charge in [-0.25, -0.2) is 4.39 Å². The molecule has 3 atom stereocenters. The second-order valence-electron chi connectivity index (χ2n) is 7.79. The summed E-state index contributed by atoms with van der Waals surface area (Å²) in [5.74, 6) is -0.381. The zero-order valence-corrected chi connectivity index (χ0v) is 15.7. The molecule has 28 heavy (non-hydrogen) atoms. The van der Waals surface area contributed by atoms with Crippen LogP contribution in [-0.4, -0.2) is 47.3 Å². The van der Waals surface area contributed by atoms with E-state index in [2.05, 4.69) is 6.07 Å². The van der Waals surface area contributed by atoms with Crippen molar-refractivity contribution >= 4 is 5.91 Å². The van der Waals surface area contributed by atoms with Gasteiger partial charge in [-0.1, -0.05) is 36.4 Å². The maximum atomic E-state index is 13.5. The lowest BCUT2D eigenvalue weighted by molar-refractivity contribution is -0.152. The summed E-state index contributed by atoms with van der Waals surface area (Å²) in [6, 6.07) is 14.1. The van der Waals surface area contributed by atoms with Crippen LogP contribution in [0.5, 0.6) is 0 Å². The summed E-state index contributed by atoms with van der Waals surface area (Å²) in [6.45, 7) is 0.570. The Morgan fingerprint density at radius 1 is 1.25 bits per heavy atom. The Bertz CT molecular complexity index is 847. The van der Waals surface area contributed by atoms with Crippen LogP contribution in [0.2, 0.25) is 0 Å². The van der Waals surface area contributed by atoms with Crippen molar-refractivity contribution in [2.75, 3.05) is 19.8 Å². The van der Waals surface area contributed by atoms with Crippen molar-refractivity contribution in [2.24, 2.45) is 5.73 Å². The van der Waals surface area contributed by atoms with E-state index in [9.17, 15) is 14.3 Å². The number of ether oxygens (including phenoxy) is 1. The molecule has 3 N–H and O–H groups in total. The van der Waals surface area contributed by atoms with E-state index in [1.807, 2.05) is 23.1 Å². The average molecular weight is 384 g/mol. The Kier molecular flexibility index (Phi) is 5.19. The van der Waals surface area contributed by atoms with Gasteiger partial charge in [0, 0.05) is 6.54 Å². The van der Waals surface area contributed by atoms with Crippen molar-refractivity contribution in [3.05, 3.63) is 71.0 Å². The molecular formula is C22H25FN2O3. The molecule has 0 aromatic heterocycles. The third-order valence-corrected chi connectivity index (χ3v) is 5.82. The van der Waals surface area contributed by atoms with Gasteiger partial charge in [0.25, 0.3) is 5.91 Å². The molecule has 2 aromatic rings. The lowest BCUT2D eigenvalue weighted by Crippen LogP contribution is -2.56. The summed E-state index contributed by atoms with van der Waals surface area (Å²) < 4.78 is 19.2. The van der Waals surface area contributed by atoms with Crippen LogP contribution in [0.3, 0.4) is 0 Å². The van der Waals surface area contributed by atoms with Gasteiger partial charge in [0.05, 0.1) is 24.8 Å². The number of rotatable bonds is 3. The molecule has 1 saturated heterocycles. The summed E-state index contributed by atoms with van der Waals surface area (Å²) in [7, 11) is 0. The van der Waals surface area contributed by atoms with Gasteiger partial charge in [-0.3, -0.25) is 4.79 Å². The van der Waals surface area contributed by atoms with E-state index in [-0.39, 0.29) is 31.0 Å². The Hall–Kier alpha value is -2.28. The highest BCUT2D eigenvalue weighted by Crippen LogP contribution is 2.36. The molecule has 2 aliphatic heterocycles. The smallest absolute Gasteiger partial charge is 0.252 e. The van der Waals surface area contributed by atoms with Crippen molar-refractivity contribution in [1.29, 1.82) is 0 Å². The second-order valence-corrected chi connectivity index (χ2v) is 7.79. The van der Waals surface area contributed by atoms with Crippen molar-refractivity contribution in [1.82, 2.24) is 4.90 Å². The normalized spacial score (nSPS) is 27.3. The third-order valence-electron chi connectivity index (χ3n) is 5.82. The first-order valence-electron chi connectivity index (χ1n) is 9.66. The van der Waals surface area contributed by atoms with Gasteiger partial charge in [-0.05, 0) is 48.1 Å². The number of carbonyl (C=O) groups is 1. The van der Waals surface area contributed by atoms with Crippen LogP contribution in [0.15, 0.2) is 48.5 Å². The minimum atomic E-state index is -0.776. The molecule has 0 aliphatic carbocycles. The van der Waals surface area contributed by atoms with Gasteiger partial charge < -0.3 is 20.5 Å². The lowest BCUT2D eigenvalue weighted by Gasteiger charge is -2.42. The first kappa shape index (κ1) is 19.1. The molecule has 1 fully saturated rings. The number of carbonyl (C=O) groups excluding carboxylic acids is 1. The van der Waals surface area contributed by atoms with E-state index in [4.69, 9.17) is 10.5 Å². The molecule has 0 radical (unpaired) electrons. The van der Waals surface area contributed by atoms with Crippen molar-refractivity contribution in [3.63, 3.8) is 0 Å². The summed E-state index contributed by atoms with van der Waals surface area (Å²) >= 11 is 0. The number of aliphatic hydroxyl groups excluding tert-OH is 1. The minimum absolute atomic E-state index is 0.0798. The van der Waals surface area contributed by atoms with Crippen LogP contribution in [-0.2, 0) is 16.0 Å². The van der Waals surface area contributed by atoms with Gasteiger partial charge in [0.1, 0.15) is 11.9 Å². The van der Waals surface area contributed by atoms with Crippen LogP contribution in [0, 0.1) is 5.82 Å². The molecule has 2 aliphatic rings. The highest BCUT2D eigenvalue weighted by Gasteiger charge is 2.40. The minimum Gasteiger partial charge on any atom is -0.394 e. The zero-order valence-electron chi connectivity index (χ0n) is 15.7. The quantitative estimate of drug-likeness (QED) is 0.851. The van der Waals surface area contributed by atoms with Crippen molar-refractivity contribution in [2.45, 2.75) is 36.9 Å². The van der Waals surface area contributed by atoms with E-state index in [1.54, 1.807) is 12.1 Å². The Morgan fingerprint density at radius 2 is 2.00 bits per heavy atom. The predicted molar refractivity (Wildman–Crippen MR) is 103 cm³/mol. The molecule has 0 spiro atoms. The second kappa shape index (κ2) is 7.62. The molecule has 2 heterocycles. The van der Waals surface area contributed by atoms with Crippen molar-refractivity contribution < 1.29 is 19.0 Å². The summed E-state index contributed by atoms with van der Waals surface area (Å²) in [5, 5.41) is 9.42. The van der Waals surface area contributed by atoms with Crippen LogP contribution < -0.4 is 5.73 Å². The highest BCUT2D eigenvalue weighted by atomic mass is 19.1. The number of amides is 1. The van der Waals surface area contributed by atoms with E-state index >= 15 is 0 Å². The van der Waals surface area contributed by atoms with Crippen LogP contribution >= 0.6 is 0 Å². The molecule has 2 aromatic carbocycles. The van der Waals surface area contributed by atoms with Gasteiger partial charge in [-0.15, -0.1) is 0 Å².